The molecule has 3 aromatic rings. The van der Waals surface area contributed by atoms with Crippen LogP contribution < -0.4 is 10.1 Å². The Morgan fingerprint density at radius 3 is 2.50 bits per heavy atom. The summed E-state index contributed by atoms with van der Waals surface area (Å²) in [5, 5.41) is 3.40. The lowest BCUT2D eigenvalue weighted by molar-refractivity contribution is -0.0430. The SMILES string of the molecule is c1ccc([C@H](Oc2ccccc2-c2ccncc2)[C@@H]2CNCCO2)cc1. The Bertz CT molecular complexity index is 818. The third-order valence-corrected chi connectivity index (χ3v) is 4.55. The summed E-state index contributed by atoms with van der Waals surface area (Å²) in [6.07, 6.45) is 3.40. The molecule has 0 saturated carbocycles. The minimum absolute atomic E-state index is 0.0309. The molecular weight excluding hydrogens is 324 g/mol. The summed E-state index contributed by atoms with van der Waals surface area (Å²) < 4.78 is 12.6. The summed E-state index contributed by atoms with van der Waals surface area (Å²) in [6, 6.07) is 22.4. The molecule has 0 radical (unpaired) electrons. The number of benzene rings is 2. The van der Waals surface area contributed by atoms with Crippen molar-refractivity contribution in [1.82, 2.24) is 10.3 Å². The van der Waals surface area contributed by atoms with Gasteiger partial charge in [0.1, 0.15) is 11.9 Å². The molecule has 1 saturated heterocycles. The largest absolute Gasteiger partial charge is 0.482 e. The van der Waals surface area contributed by atoms with Crippen molar-refractivity contribution in [2.45, 2.75) is 12.2 Å². The molecule has 1 N–H and O–H groups in total. The molecule has 4 nitrogen and oxygen atoms in total. The zero-order valence-electron chi connectivity index (χ0n) is 14.5. The van der Waals surface area contributed by atoms with Crippen LogP contribution in [0.1, 0.15) is 11.7 Å². The molecule has 4 heteroatoms. The van der Waals surface area contributed by atoms with Crippen molar-refractivity contribution in [2.24, 2.45) is 0 Å². The molecule has 1 aliphatic heterocycles. The smallest absolute Gasteiger partial charge is 0.151 e. The third-order valence-electron chi connectivity index (χ3n) is 4.55. The summed E-state index contributed by atoms with van der Waals surface area (Å²) in [5.74, 6) is 0.849. The molecule has 2 aromatic carbocycles. The van der Waals surface area contributed by atoms with Gasteiger partial charge in [-0.2, -0.15) is 0 Å². The predicted octanol–water partition coefficient (Wildman–Crippen LogP) is 3.86. The molecular formula is C22H22N2O2. The van der Waals surface area contributed by atoms with Crippen molar-refractivity contribution >= 4 is 0 Å². The molecule has 132 valence electrons. The molecule has 1 fully saturated rings. The molecule has 0 aliphatic carbocycles. The molecule has 1 aliphatic rings. The Hall–Kier alpha value is -2.69. The lowest BCUT2D eigenvalue weighted by Gasteiger charge is -2.32. The van der Waals surface area contributed by atoms with Crippen LogP contribution in [-0.2, 0) is 4.74 Å². The zero-order chi connectivity index (χ0) is 17.6. The summed E-state index contributed by atoms with van der Waals surface area (Å²) in [4.78, 5) is 4.11. The number of para-hydroxylation sites is 1. The van der Waals surface area contributed by atoms with E-state index in [4.69, 9.17) is 9.47 Å². The van der Waals surface area contributed by atoms with Crippen molar-refractivity contribution in [3.8, 4) is 16.9 Å². The maximum absolute atomic E-state index is 6.54. The van der Waals surface area contributed by atoms with Crippen LogP contribution in [0.3, 0.4) is 0 Å². The van der Waals surface area contributed by atoms with Crippen LogP contribution in [0.5, 0.6) is 5.75 Å². The lowest BCUT2D eigenvalue weighted by atomic mass is 10.0. The van der Waals surface area contributed by atoms with E-state index in [1.165, 1.54) is 0 Å². The number of rotatable bonds is 5. The minimum atomic E-state index is -0.174. The average Bonchev–Trinajstić information content (AvgIpc) is 2.74. The predicted molar refractivity (Wildman–Crippen MR) is 102 cm³/mol. The van der Waals surface area contributed by atoms with Crippen molar-refractivity contribution in [3.05, 3.63) is 84.7 Å². The van der Waals surface area contributed by atoms with Crippen LogP contribution in [0.15, 0.2) is 79.1 Å². The van der Waals surface area contributed by atoms with Crippen molar-refractivity contribution in [1.29, 1.82) is 0 Å². The second kappa shape index (κ2) is 8.13. The van der Waals surface area contributed by atoms with Gasteiger partial charge in [-0.05, 0) is 29.3 Å². The van der Waals surface area contributed by atoms with E-state index in [-0.39, 0.29) is 12.2 Å². The standard InChI is InChI=1S/C22H22N2O2/c1-2-6-18(7-3-1)22(21-16-24-14-15-25-21)26-20-9-5-4-8-19(20)17-10-12-23-13-11-17/h1-13,21-22,24H,14-16H2/t21-,22-/m0/s1. The minimum Gasteiger partial charge on any atom is -0.482 e. The first kappa shape index (κ1) is 16.8. The Morgan fingerprint density at radius 2 is 1.73 bits per heavy atom. The average molecular weight is 346 g/mol. The number of pyridine rings is 1. The number of nitrogens with zero attached hydrogens (tertiary/aromatic N) is 1. The van der Waals surface area contributed by atoms with E-state index >= 15 is 0 Å². The number of hydrogen-bond acceptors (Lipinski definition) is 4. The molecule has 0 spiro atoms. The molecule has 1 aromatic heterocycles. The number of hydrogen-bond donors (Lipinski definition) is 1. The summed E-state index contributed by atoms with van der Waals surface area (Å²) in [7, 11) is 0. The molecule has 2 atom stereocenters. The van der Waals surface area contributed by atoms with Crippen LogP contribution in [-0.4, -0.2) is 30.8 Å². The fourth-order valence-electron chi connectivity index (χ4n) is 3.26. The van der Waals surface area contributed by atoms with E-state index < -0.39 is 0 Å². The topological polar surface area (TPSA) is 43.4 Å². The van der Waals surface area contributed by atoms with Crippen LogP contribution in [0.25, 0.3) is 11.1 Å². The van der Waals surface area contributed by atoms with Gasteiger partial charge in [0, 0.05) is 31.0 Å². The Morgan fingerprint density at radius 1 is 0.962 bits per heavy atom. The number of ether oxygens (including phenoxy) is 2. The van der Waals surface area contributed by atoms with E-state index in [1.807, 2.05) is 48.5 Å². The van der Waals surface area contributed by atoms with Crippen LogP contribution in [0.4, 0.5) is 0 Å². The van der Waals surface area contributed by atoms with Crippen molar-refractivity contribution in [3.63, 3.8) is 0 Å². The number of nitrogens with one attached hydrogen (secondary N) is 1. The summed E-state index contributed by atoms with van der Waals surface area (Å²) in [6.45, 7) is 2.35. The molecule has 0 unspecified atom stereocenters. The Kier molecular flexibility index (Phi) is 5.24. The summed E-state index contributed by atoms with van der Waals surface area (Å²) >= 11 is 0. The van der Waals surface area contributed by atoms with E-state index in [0.29, 0.717) is 6.61 Å². The van der Waals surface area contributed by atoms with Gasteiger partial charge in [-0.1, -0.05) is 48.5 Å². The maximum Gasteiger partial charge on any atom is 0.151 e. The van der Waals surface area contributed by atoms with Gasteiger partial charge in [-0.3, -0.25) is 4.98 Å². The fraction of sp³-hybridized carbons (Fsp3) is 0.227. The lowest BCUT2D eigenvalue weighted by Crippen LogP contribution is -2.43. The second-order valence-electron chi connectivity index (χ2n) is 6.29. The van der Waals surface area contributed by atoms with Crippen LogP contribution in [0.2, 0.25) is 0 Å². The van der Waals surface area contributed by atoms with E-state index in [1.54, 1.807) is 12.4 Å². The van der Waals surface area contributed by atoms with Gasteiger partial charge in [-0.25, -0.2) is 0 Å². The first-order chi connectivity index (χ1) is 12.9. The first-order valence-electron chi connectivity index (χ1n) is 8.95. The highest BCUT2D eigenvalue weighted by molar-refractivity contribution is 5.69. The Balaban J connectivity index is 1.68. The third kappa shape index (κ3) is 3.77. The highest BCUT2D eigenvalue weighted by Gasteiger charge is 2.28. The molecule has 2 heterocycles. The van der Waals surface area contributed by atoms with Gasteiger partial charge in [0.2, 0.25) is 0 Å². The van der Waals surface area contributed by atoms with E-state index in [0.717, 1.165) is 35.5 Å². The van der Waals surface area contributed by atoms with Gasteiger partial charge in [-0.15, -0.1) is 0 Å². The van der Waals surface area contributed by atoms with E-state index in [9.17, 15) is 0 Å². The highest BCUT2D eigenvalue weighted by atomic mass is 16.5. The number of morpholine rings is 1. The second-order valence-corrected chi connectivity index (χ2v) is 6.29. The fourth-order valence-corrected chi connectivity index (χ4v) is 3.26. The van der Waals surface area contributed by atoms with Crippen molar-refractivity contribution in [2.75, 3.05) is 19.7 Å². The van der Waals surface area contributed by atoms with Gasteiger partial charge < -0.3 is 14.8 Å². The van der Waals surface area contributed by atoms with Crippen LogP contribution >= 0.6 is 0 Å². The normalized spacial score (nSPS) is 18.2. The monoisotopic (exact) mass is 346 g/mol. The van der Waals surface area contributed by atoms with Gasteiger partial charge in [0.25, 0.3) is 0 Å². The van der Waals surface area contributed by atoms with Gasteiger partial charge in [0.15, 0.2) is 6.10 Å². The molecule has 4 rings (SSSR count). The first-order valence-corrected chi connectivity index (χ1v) is 8.95. The van der Waals surface area contributed by atoms with E-state index in [2.05, 4.69) is 28.5 Å². The molecule has 26 heavy (non-hydrogen) atoms. The molecule has 0 bridgehead atoms. The van der Waals surface area contributed by atoms with Gasteiger partial charge >= 0.3 is 0 Å². The quantitative estimate of drug-likeness (QED) is 0.762. The van der Waals surface area contributed by atoms with Gasteiger partial charge in [0.05, 0.1) is 6.61 Å². The summed E-state index contributed by atoms with van der Waals surface area (Å²) in [5.41, 5.74) is 3.26. The van der Waals surface area contributed by atoms with Crippen LogP contribution in [0, 0.1) is 0 Å². The Labute approximate surface area is 153 Å². The molecule has 0 amide bonds. The number of aromatic nitrogens is 1. The zero-order valence-corrected chi connectivity index (χ0v) is 14.5. The van der Waals surface area contributed by atoms with Crippen molar-refractivity contribution < 1.29 is 9.47 Å². The maximum atomic E-state index is 6.54. The highest BCUT2D eigenvalue weighted by Crippen LogP contribution is 2.34.